The van der Waals surface area contributed by atoms with Crippen LogP contribution in [0.5, 0.6) is 0 Å². The van der Waals surface area contributed by atoms with Gasteiger partial charge in [0, 0.05) is 5.69 Å². The Morgan fingerprint density at radius 1 is 1.29 bits per heavy atom. The summed E-state index contributed by atoms with van der Waals surface area (Å²) in [4.78, 5) is 11.9. The Kier molecular flexibility index (Phi) is 1.88. The summed E-state index contributed by atoms with van der Waals surface area (Å²) < 4.78 is 0. The number of benzene rings is 1. The summed E-state index contributed by atoms with van der Waals surface area (Å²) in [5.41, 5.74) is 1.73. The van der Waals surface area contributed by atoms with Crippen LogP contribution in [0.25, 0.3) is 0 Å². The lowest BCUT2D eigenvalue weighted by molar-refractivity contribution is -0.121. The fourth-order valence-electron chi connectivity index (χ4n) is 1.99. The predicted molar refractivity (Wildman–Crippen MR) is 57.3 cm³/mol. The zero-order chi connectivity index (χ0) is 10.3. The molecule has 1 heterocycles. The lowest BCUT2D eigenvalue weighted by Crippen LogP contribution is -2.36. The molecule has 2 rings (SSSR count). The number of carbonyl (C=O) groups excluding carboxylic acids is 1. The van der Waals surface area contributed by atoms with Gasteiger partial charge in [-0.1, -0.05) is 32.0 Å². The number of para-hydroxylation sites is 1. The molecule has 0 saturated heterocycles. The van der Waals surface area contributed by atoms with E-state index in [1.165, 1.54) is 0 Å². The highest BCUT2D eigenvalue weighted by Gasteiger charge is 2.44. The molecule has 0 aromatic heterocycles. The second-order valence-corrected chi connectivity index (χ2v) is 4.36. The molecule has 1 atom stereocenters. The second-order valence-electron chi connectivity index (χ2n) is 4.36. The van der Waals surface area contributed by atoms with Gasteiger partial charge in [0.05, 0.1) is 5.41 Å². The molecular weight excluding hydrogens is 174 g/mol. The maximum atomic E-state index is 11.9. The molecule has 1 aliphatic rings. The van der Waals surface area contributed by atoms with Crippen LogP contribution in [0.15, 0.2) is 24.3 Å². The minimum absolute atomic E-state index is 0.119. The van der Waals surface area contributed by atoms with Crippen molar-refractivity contribution in [2.24, 2.45) is 5.92 Å². The molecule has 0 spiro atoms. The van der Waals surface area contributed by atoms with E-state index in [9.17, 15) is 4.79 Å². The number of hydrogen-bond donors (Lipinski definition) is 1. The van der Waals surface area contributed by atoms with Crippen LogP contribution in [0.2, 0.25) is 0 Å². The van der Waals surface area contributed by atoms with E-state index in [1.807, 2.05) is 31.2 Å². The van der Waals surface area contributed by atoms with Gasteiger partial charge < -0.3 is 5.32 Å². The standard InChI is InChI=1S/C12H15NO/c1-8(2)12(3)9-6-4-5-7-10(9)13-11(12)14/h4-8H,1-3H3,(H,13,14)/t12-/m1/s1. The highest BCUT2D eigenvalue weighted by atomic mass is 16.2. The molecule has 1 amide bonds. The van der Waals surface area contributed by atoms with Gasteiger partial charge in [-0.25, -0.2) is 0 Å². The molecule has 1 aliphatic heterocycles. The van der Waals surface area contributed by atoms with Crippen LogP contribution in [0.4, 0.5) is 5.69 Å². The van der Waals surface area contributed by atoms with Gasteiger partial charge in [0.2, 0.25) is 5.91 Å². The maximum Gasteiger partial charge on any atom is 0.235 e. The topological polar surface area (TPSA) is 29.1 Å². The van der Waals surface area contributed by atoms with Gasteiger partial charge in [-0.05, 0) is 24.5 Å². The lowest BCUT2D eigenvalue weighted by atomic mass is 9.74. The molecule has 0 aliphatic carbocycles. The summed E-state index contributed by atoms with van der Waals surface area (Å²) in [7, 11) is 0. The molecule has 1 aromatic carbocycles. The zero-order valence-electron chi connectivity index (χ0n) is 8.79. The number of hydrogen-bond acceptors (Lipinski definition) is 1. The average molecular weight is 189 g/mol. The van der Waals surface area contributed by atoms with E-state index >= 15 is 0 Å². The van der Waals surface area contributed by atoms with Crippen LogP contribution < -0.4 is 5.32 Å². The minimum atomic E-state index is -0.364. The van der Waals surface area contributed by atoms with Gasteiger partial charge in [-0.3, -0.25) is 4.79 Å². The van der Waals surface area contributed by atoms with E-state index in [-0.39, 0.29) is 11.3 Å². The Morgan fingerprint density at radius 2 is 1.93 bits per heavy atom. The van der Waals surface area contributed by atoms with Crippen LogP contribution in [0.1, 0.15) is 26.3 Å². The van der Waals surface area contributed by atoms with Crippen molar-refractivity contribution in [1.82, 2.24) is 0 Å². The average Bonchev–Trinajstić information content (AvgIpc) is 2.41. The number of amides is 1. The van der Waals surface area contributed by atoms with Crippen molar-refractivity contribution in [2.45, 2.75) is 26.2 Å². The Labute approximate surface area is 84.3 Å². The van der Waals surface area contributed by atoms with Crippen molar-refractivity contribution in [3.63, 3.8) is 0 Å². The van der Waals surface area contributed by atoms with E-state index in [0.717, 1.165) is 11.3 Å². The predicted octanol–water partition coefficient (Wildman–Crippen LogP) is 2.55. The van der Waals surface area contributed by atoms with E-state index < -0.39 is 0 Å². The number of fused-ring (bicyclic) bond motifs is 1. The van der Waals surface area contributed by atoms with E-state index in [2.05, 4.69) is 19.2 Å². The van der Waals surface area contributed by atoms with Crippen LogP contribution in [-0.2, 0) is 10.2 Å². The van der Waals surface area contributed by atoms with Crippen LogP contribution in [-0.4, -0.2) is 5.91 Å². The number of rotatable bonds is 1. The van der Waals surface area contributed by atoms with Crippen LogP contribution in [0.3, 0.4) is 0 Å². The van der Waals surface area contributed by atoms with Crippen molar-refractivity contribution in [2.75, 3.05) is 5.32 Å². The van der Waals surface area contributed by atoms with Crippen molar-refractivity contribution >= 4 is 11.6 Å². The molecule has 2 nitrogen and oxygen atoms in total. The van der Waals surface area contributed by atoms with Gasteiger partial charge >= 0.3 is 0 Å². The maximum absolute atomic E-state index is 11.9. The fourth-order valence-corrected chi connectivity index (χ4v) is 1.99. The van der Waals surface area contributed by atoms with Gasteiger partial charge in [0.25, 0.3) is 0 Å². The molecule has 2 heteroatoms. The summed E-state index contributed by atoms with van der Waals surface area (Å²) in [5, 5.41) is 2.93. The van der Waals surface area contributed by atoms with Gasteiger partial charge in [-0.15, -0.1) is 0 Å². The molecule has 1 aromatic rings. The van der Waals surface area contributed by atoms with Crippen LogP contribution in [0, 0.1) is 5.92 Å². The Hall–Kier alpha value is -1.31. The summed E-state index contributed by atoms with van der Waals surface area (Å²) in [6.45, 7) is 6.18. The van der Waals surface area contributed by atoms with E-state index in [1.54, 1.807) is 0 Å². The summed E-state index contributed by atoms with van der Waals surface area (Å²) in [6.07, 6.45) is 0. The third-order valence-electron chi connectivity index (χ3n) is 3.36. The second kappa shape index (κ2) is 2.84. The number of anilines is 1. The van der Waals surface area contributed by atoms with E-state index in [0.29, 0.717) is 5.92 Å². The largest absolute Gasteiger partial charge is 0.325 e. The third kappa shape index (κ3) is 0.999. The third-order valence-corrected chi connectivity index (χ3v) is 3.36. The van der Waals surface area contributed by atoms with E-state index in [4.69, 9.17) is 0 Å². The molecule has 0 radical (unpaired) electrons. The molecule has 0 unspecified atom stereocenters. The minimum Gasteiger partial charge on any atom is -0.325 e. The summed E-state index contributed by atoms with van der Waals surface area (Å²) in [5.74, 6) is 0.430. The monoisotopic (exact) mass is 189 g/mol. The fraction of sp³-hybridized carbons (Fsp3) is 0.417. The van der Waals surface area contributed by atoms with Crippen molar-refractivity contribution in [3.8, 4) is 0 Å². The summed E-state index contributed by atoms with van der Waals surface area (Å²) in [6, 6.07) is 7.93. The zero-order valence-corrected chi connectivity index (χ0v) is 8.79. The van der Waals surface area contributed by atoms with Crippen molar-refractivity contribution < 1.29 is 4.79 Å². The Balaban J connectivity index is 2.60. The Morgan fingerprint density at radius 3 is 2.57 bits per heavy atom. The number of carbonyl (C=O) groups is 1. The highest BCUT2D eigenvalue weighted by Crippen LogP contribution is 2.42. The first-order chi connectivity index (χ1) is 6.56. The van der Waals surface area contributed by atoms with Gasteiger partial charge in [-0.2, -0.15) is 0 Å². The number of nitrogens with one attached hydrogen (secondary N) is 1. The van der Waals surface area contributed by atoms with Crippen molar-refractivity contribution in [3.05, 3.63) is 29.8 Å². The molecule has 14 heavy (non-hydrogen) atoms. The molecule has 0 bridgehead atoms. The molecule has 0 saturated carbocycles. The van der Waals surface area contributed by atoms with Gasteiger partial charge in [0.15, 0.2) is 0 Å². The quantitative estimate of drug-likeness (QED) is 0.722. The first-order valence-corrected chi connectivity index (χ1v) is 4.97. The Bertz CT molecular complexity index is 384. The van der Waals surface area contributed by atoms with Gasteiger partial charge in [0.1, 0.15) is 0 Å². The highest BCUT2D eigenvalue weighted by molar-refractivity contribution is 6.06. The van der Waals surface area contributed by atoms with Crippen LogP contribution >= 0.6 is 0 Å². The summed E-state index contributed by atoms with van der Waals surface area (Å²) >= 11 is 0. The lowest BCUT2D eigenvalue weighted by Gasteiger charge is -2.26. The molecular formula is C12H15NO. The first kappa shape index (κ1) is 9.25. The normalized spacial score (nSPS) is 25.0. The molecule has 1 N–H and O–H groups in total. The first-order valence-electron chi connectivity index (χ1n) is 4.97. The smallest absolute Gasteiger partial charge is 0.235 e. The SMILES string of the molecule is CC(C)[C@@]1(C)C(=O)Nc2ccccc21. The molecule has 74 valence electrons. The molecule has 0 fully saturated rings. The van der Waals surface area contributed by atoms with Crippen molar-refractivity contribution in [1.29, 1.82) is 0 Å².